The highest BCUT2D eigenvalue weighted by Crippen LogP contribution is 2.38. The van der Waals surface area contributed by atoms with E-state index in [2.05, 4.69) is 15.0 Å². The molecule has 2 aromatic heterocycles. The topological polar surface area (TPSA) is 42.7 Å². The Morgan fingerprint density at radius 3 is 3.18 bits per heavy atom. The Bertz CT molecular complexity index is 607. The molecule has 0 saturated carbocycles. The lowest BCUT2D eigenvalue weighted by Crippen LogP contribution is -2.44. The number of fused-ring (bicyclic) bond motifs is 1. The zero-order valence-electron chi connectivity index (χ0n) is 10.5. The minimum absolute atomic E-state index is 0.359. The number of hydrogen-bond acceptors (Lipinski definition) is 4. The molecule has 1 spiro atoms. The van der Waals surface area contributed by atoms with Gasteiger partial charge in [-0.1, -0.05) is 0 Å². The lowest BCUT2D eigenvalue weighted by atomic mass is 9.85. The van der Waals surface area contributed by atoms with Crippen LogP contribution in [0.2, 0.25) is 0 Å². The van der Waals surface area contributed by atoms with Crippen LogP contribution in [0.25, 0.3) is 5.65 Å². The first-order chi connectivity index (χ1) is 8.76. The van der Waals surface area contributed by atoms with Crippen LogP contribution in [0.3, 0.4) is 0 Å². The normalized spacial score (nSPS) is 23.1. The summed E-state index contributed by atoms with van der Waals surface area (Å²) in [4.78, 5) is 6.83. The number of ether oxygens (including phenoxy) is 1. The van der Waals surface area contributed by atoms with Crippen LogP contribution in [0.1, 0.15) is 7.79 Å². The van der Waals surface area contributed by atoms with E-state index in [1.165, 1.54) is 12.6 Å². The first kappa shape index (κ1) is 8.47. The van der Waals surface area contributed by atoms with Crippen molar-refractivity contribution in [2.24, 2.45) is 5.41 Å². The summed E-state index contributed by atoms with van der Waals surface area (Å²) >= 11 is 0. The lowest BCUT2D eigenvalue weighted by molar-refractivity contribution is -0.0985. The zero-order chi connectivity index (χ0) is 12.2. The van der Waals surface area contributed by atoms with Gasteiger partial charge in [-0.2, -0.15) is 5.10 Å². The molecule has 5 nitrogen and oxygen atoms in total. The third kappa shape index (κ3) is 1.35. The molecule has 0 unspecified atom stereocenters. The third-order valence-electron chi connectivity index (χ3n) is 3.76. The van der Waals surface area contributed by atoms with Crippen molar-refractivity contribution in [1.82, 2.24) is 14.6 Å². The van der Waals surface area contributed by atoms with Crippen LogP contribution < -0.4 is 4.90 Å². The summed E-state index contributed by atoms with van der Waals surface area (Å²) < 4.78 is 14.7. The van der Waals surface area contributed by atoms with Crippen molar-refractivity contribution >= 4 is 11.5 Å². The molecule has 2 aliphatic heterocycles. The van der Waals surface area contributed by atoms with E-state index in [1.807, 2.05) is 12.3 Å². The quantitative estimate of drug-likeness (QED) is 0.733. The fraction of sp³-hybridized carbons (Fsp3) is 0.500. The number of anilines is 1. The van der Waals surface area contributed by atoms with Crippen LogP contribution in [0.5, 0.6) is 0 Å². The fourth-order valence-corrected chi connectivity index (χ4v) is 2.68. The van der Waals surface area contributed by atoms with Crippen molar-refractivity contribution in [3.05, 3.63) is 24.5 Å². The van der Waals surface area contributed by atoms with E-state index in [0.29, 0.717) is 17.1 Å². The molecule has 0 aliphatic carbocycles. The van der Waals surface area contributed by atoms with Gasteiger partial charge in [0.15, 0.2) is 5.65 Å². The summed E-state index contributed by atoms with van der Waals surface area (Å²) in [5.41, 5.74) is 0.982. The van der Waals surface area contributed by atoms with Crippen molar-refractivity contribution in [3.8, 4) is 0 Å². The van der Waals surface area contributed by atoms with Crippen LogP contribution in [-0.4, -0.2) is 40.9 Å². The van der Waals surface area contributed by atoms with Crippen molar-refractivity contribution < 1.29 is 6.11 Å². The standard InChI is InChI=1S/C12H14N4O/c1-4-13-16-5-2-10(14-11(1)16)15-6-3-12(7-15)8-17-9-12/h1-2,4-5H,3,6-9H2/i1D. The minimum Gasteiger partial charge on any atom is -0.380 e. The summed E-state index contributed by atoms with van der Waals surface area (Å²) in [6.45, 7) is 3.79. The molecule has 0 radical (unpaired) electrons. The molecule has 0 aromatic carbocycles. The van der Waals surface area contributed by atoms with Gasteiger partial charge in [0.1, 0.15) is 5.82 Å². The molecule has 0 atom stereocenters. The van der Waals surface area contributed by atoms with Crippen molar-refractivity contribution in [2.45, 2.75) is 6.42 Å². The first-order valence-electron chi connectivity index (χ1n) is 6.40. The molecule has 5 heteroatoms. The second kappa shape index (κ2) is 3.20. The van der Waals surface area contributed by atoms with E-state index >= 15 is 0 Å². The van der Waals surface area contributed by atoms with Gasteiger partial charge in [-0.25, -0.2) is 9.50 Å². The Hall–Kier alpha value is -1.62. The highest BCUT2D eigenvalue weighted by molar-refractivity contribution is 5.48. The molecule has 0 N–H and O–H groups in total. The molecule has 2 aromatic rings. The predicted molar refractivity (Wildman–Crippen MR) is 63.1 cm³/mol. The molecule has 4 rings (SSSR count). The van der Waals surface area contributed by atoms with E-state index in [9.17, 15) is 0 Å². The molecular weight excluding hydrogens is 216 g/mol. The average Bonchev–Trinajstić information content (AvgIpc) is 2.93. The smallest absolute Gasteiger partial charge is 0.157 e. The van der Waals surface area contributed by atoms with Gasteiger partial charge in [-0.15, -0.1) is 0 Å². The third-order valence-corrected chi connectivity index (χ3v) is 3.76. The number of nitrogens with zero attached hydrogens (tertiary/aromatic N) is 4. The van der Waals surface area contributed by atoms with Crippen LogP contribution in [-0.2, 0) is 4.74 Å². The molecular formula is C12H14N4O. The Morgan fingerprint density at radius 1 is 1.47 bits per heavy atom. The van der Waals surface area contributed by atoms with Crippen LogP contribution in [0.4, 0.5) is 5.82 Å². The van der Waals surface area contributed by atoms with Crippen molar-refractivity contribution in [2.75, 3.05) is 31.2 Å². The lowest BCUT2D eigenvalue weighted by Gasteiger charge is -2.37. The monoisotopic (exact) mass is 231 g/mol. The molecule has 2 saturated heterocycles. The molecule has 0 amide bonds. The second-order valence-corrected chi connectivity index (χ2v) is 5.01. The van der Waals surface area contributed by atoms with Gasteiger partial charge in [0.2, 0.25) is 0 Å². The molecule has 88 valence electrons. The largest absolute Gasteiger partial charge is 0.380 e. The van der Waals surface area contributed by atoms with Crippen LogP contribution in [0.15, 0.2) is 24.5 Å². The van der Waals surface area contributed by atoms with Gasteiger partial charge >= 0.3 is 0 Å². The van der Waals surface area contributed by atoms with Gasteiger partial charge in [-0.05, 0) is 12.5 Å². The summed E-state index contributed by atoms with van der Waals surface area (Å²) in [5, 5.41) is 4.07. The molecule has 17 heavy (non-hydrogen) atoms. The van der Waals surface area contributed by atoms with Crippen LogP contribution in [0, 0.1) is 5.41 Å². The molecule has 2 aliphatic rings. The van der Waals surface area contributed by atoms with Crippen molar-refractivity contribution in [1.29, 1.82) is 0 Å². The summed E-state index contributed by atoms with van der Waals surface area (Å²) in [7, 11) is 0. The van der Waals surface area contributed by atoms with E-state index in [1.54, 1.807) is 4.52 Å². The minimum atomic E-state index is 0.359. The number of rotatable bonds is 1. The maximum atomic E-state index is 7.75. The second-order valence-electron chi connectivity index (χ2n) is 5.01. The number of hydrogen-bond donors (Lipinski definition) is 0. The Kier molecular flexibility index (Phi) is 1.59. The van der Waals surface area contributed by atoms with Gasteiger partial charge in [0.25, 0.3) is 0 Å². The Morgan fingerprint density at radius 2 is 2.41 bits per heavy atom. The summed E-state index contributed by atoms with van der Waals surface area (Å²) in [6, 6.07) is 2.34. The Balaban J connectivity index is 1.68. The number of aromatic nitrogens is 3. The van der Waals surface area contributed by atoms with Gasteiger partial charge in [0, 0.05) is 30.7 Å². The van der Waals surface area contributed by atoms with Gasteiger partial charge in [0.05, 0.1) is 20.8 Å². The van der Waals surface area contributed by atoms with E-state index < -0.39 is 0 Å². The van der Waals surface area contributed by atoms with Crippen molar-refractivity contribution in [3.63, 3.8) is 0 Å². The zero-order valence-corrected chi connectivity index (χ0v) is 9.46. The van der Waals surface area contributed by atoms with E-state index in [4.69, 9.17) is 6.11 Å². The maximum Gasteiger partial charge on any atom is 0.157 e. The SMILES string of the molecule is [2H]c1cnn2ccc(N3CCC4(COC4)C3)nc12. The fourth-order valence-electron chi connectivity index (χ4n) is 2.68. The van der Waals surface area contributed by atoms with E-state index in [0.717, 1.165) is 32.1 Å². The molecule has 0 bridgehead atoms. The highest BCUT2D eigenvalue weighted by Gasteiger charge is 2.44. The van der Waals surface area contributed by atoms with Gasteiger partial charge in [-0.3, -0.25) is 0 Å². The Labute approximate surface area is 100 Å². The van der Waals surface area contributed by atoms with E-state index in [-0.39, 0.29) is 0 Å². The maximum absolute atomic E-state index is 7.75. The first-order valence-corrected chi connectivity index (χ1v) is 5.90. The molecule has 2 fully saturated rings. The highest BCUT2D eigenvalue weighted by atomic mass is 16.5. The molecule has 4 heterocycles. The predicted octanol–water partition coefficient (Wildman–Crippen LogP) is 0.956. The summed E-state index contributed by atoms with van der Waals surface area (Å²) in [5.74, 6) is 0.945. The summed E-state index contributed by atoms with van der Waals surface area (Å²) in [6.07, 6.45) is 4.57. The van der Waals surface area contributed by atoms with Gasteiger partial charge < -0.3 is 9.64 Å². The van der Waals surface area contributed by atoms with Crippen LogP contribution >= 0.6 is 0 Å². The average molecular weight is 231 g/mol.